The van der Waals surface area contributed by atoms with Crippen LogP contribution < -0.4 is 15.5 Å². The number of carbonyl (C=O) groups is 1. The molecule has 0 radical (unpaired) electrons. The van der Waals surface area contributed by atoms with Crippen molar-refractivity contribution < 1.29 is 9.72 Å². The molecule has 2 aromatic rings. The third-order valence-electron chi connectivity index (χ3n) is 4.90. The SMILES string of the molecule is Cc1nnc(N2CCN(c3c([N+](=O)[O-])c(C)nn3C)CC2)c(C(N)=O)c1C. The summed E-state index contributed by atoms with van der Waals surface area (Å²) in [6.45, 7) is 7.30. The minimum absolute atomic E-state index is 0.0229. The minimum atomic E-state index is -0.541. The van der Waals surface area contributed by atoms with E-state index in [1.807, 2.05) is 9.80 Å². The van der Waals surface area contributed by atoms with Crippen molar-refractivity contribution in [3.05, 3.63) is 32.6 Å². The lowest BCUT2D eigenvalue weighted by Crippen LogP contribution is -2.48. The van der Waals surface area contributed by atoms with E-state index in [2.05, 4.69) is 15.3 Å². The topological polar surface area (TPSA) is 136 Å². The molecule has 0 bridgehead atoms. The van der Waals surface area contributed by atoms with Crippen molar-refractivity contribution in [2.75, 3.05) is 36.0 Å². The van der Waals surface area contributed by atoms with Crippen molar-refractivity contribution in [2.45, 2.75) is 20.8 Å². The number of hydrogen-bond donors (Lipinski definition) is 1. The van der Waals surface area contributed by atoms with Crippen LogP contribution in [0.5, 0.6) is 0 Å². The van der Waals surface area contributed by atoms with Crippen LogP contribution in [0.15, 0.2) is 0 Å². The summed E-state index contributed by atoms with van der Waals surface area (Å²) >= 11 is 0. The summed E-state index contributed by atoms with van der Waals surface area (Å²) in [4.78, 5) is 26.8. The Morgan fingerprint density at radius 1 is 1.07 bits per heavy atom. The van der Waals surface area contributed by atoms with Crippen LogP contribution in [0.3, 0.4) is 0 Å². The van der Waals surface area contributed by atoms with E-state index >= 15 is 0 Å². The van der Waals surface area contributed by atoms with Crippen molar-refractivity contribution in [3.8, 4) is 0 Å². The second kappa shape index (κ2) is 6.82. The summed E-state index contributed by atoms with van der Waals surface area (Å²) in [5.74, 6) is 0.403. The molecule has 11 nitrogen and oxygen atoms in total. The number of nitro groups is 1. The van der Waals surface area contributed by atoms with E-state index in [0.717, 1.165) is 0 Å². The second-order valence-electron chi connectivity index (χ2n) is 6.59. The molecule has 3 heterocycles. The van der Waals surface area contributed by atoms with Gasteiger partial charge >= 0.3 is 5.69 Å². The molecule has 3 rings (SSSR count). The zero-order chi connectivity index (χ0) is 19.9. The number of aryl methyl sites for hydroxylation is 3. The number of anilines is 2. The first-order chi connectivity index (χ1) is 12.7. The Hall–Kier alpha value is -3.24. The zero-order valence-electron chi connectivity index (χ0n) is 15.8. The number of nitrogens with two attached hydrogens (primary N) is 1. The summed E-state index contributed by atoms with van der Waals surface area (Å²) in [5, 5.41) is 23.9. The molecule has 0 aliphatic carbocycles. The summed E-state index contributed by atoms with van der Waals surface area (Å²) in [7, 11) is 1.70. The quantitative estimate of drug-likeness (QED) is 0.602. The molecule has 144 valence electrons. The first kappa shape index (κ1) is 18.5. The Labute approximate surface area is 155 Å². The van der Waals surface area contributed by atoms with Gasteiger partial charge in [-0.15, -0.1) is 5.10 Å². The van der Waals surface area contributed by atoms with Crippen LogP contribution in [0.4, 0.5) is 17.3 Å². The number of hydrogen-bond acceptors (Lipinski definition) is 8. The van der Waals surface area contributed by atoms with Crippen LogP contribution in [-0.2, 0) is 7.05 Å². The van der Waals surface area contributed by atoms with E-state index < -0.39 is 10.8 Å². The highest BCUT2D eigenvalue weighted by molar-refractivity contribution is 5.99. The number of primary amides is 1. The molecule has 1 aliphatic rings. The maximum absolute atomic E-state index is 11.9. The van der Waals surface area contributed by atoms with Gasteiger partial charge in [-0.1, -0.05) is 0 Å². The fraction of sp³-hybridized carbons (Fsp3) is 0.500. The van der Waals surface area contributed by atoms with E-state index in [1.54, 1.807) is 27.8 Å². The molecule has 0 atom stereocenters. The van der Waals surface area contributed by atoms with Gasteiger partial charge in [0.1, 0.15) is 5.69 Å². The summed E-state index contributed by atoms with van der Waals surface area (Å²) in [6, 6.07) is 0. The van der Waals surface area contributed by atoms with Gasteiger partial charge in [0.25, 0.3) is 5.91 Å². The Balaban J connectivity index is 1.87. The molecule has 2 N–H and O–H groups in total. The summed E-state index contributed by atoms with van der Waals surface area (Å²) < 4.78 is 1.54. The number of nitrogens with zero attached hydrogens (tertiary/aromatic N) is 7. The predicted molar refractivity (Wildman–Crippen MR) is 99.0 cm³/mol. The van der Waals surface area contributed by atoms with Crippen molar-refractivity contribution in [2.24, 2.45) is 12.8 Å². The van der Waals surface area contributed by atoms with Crippen molar-refractivity contribution in [1.82, 2.24) is 20.0 Å². The lowest BCUT2D eigenvalue weighted by Gasteiger charge is -2.36. The highest BCUT2D eigenvalue weighted by atomic mass is 16.6. The zero-order valence-corrected chi connectivity index (χ0v) is 15.8. The second-order valence-corrected chi connectivity index (χ2v) is 6.59. The first-order valence-electron chi connectivity index (χ1n) is 8.54. The van der Waals surface area contributed by atoms with Gasteiger partial charge in [0.2, 0.25) is 5.82 Å². The molecule has 0 unspecified atom stereocenters. The predicted octanol–water partition coefficient (Wildman–Crippen LogP) is 0.469. The van der Waals surface area contributed by atoms with Crippen molar-refractivity contribution in [3.63, 3.8) is 0 Å². The Bertz CT molecular complexity index is 915. The summed E-state index contributed by atoms with van der Waals surface area (Å²) in [6.07, 6.45) is 0. The Kier molecular flexibility index (Phi) is 4.68. The number of aromatic nitrogens is 4. The Morgan fingerprint density at radius 3 is 2.22 bits per heavy atom. The largest absolute Gasteiger partial charge is 0.365 e. The summed E-state index contributed by atoms with van der Waals surface area (Å²) in [5.41, 5.74) is 7.71. The number of carbonyl (C=O) groups excluding carboxylic acids is 1. The number of amides is 1. The molecule has 1 amide bonds. The van der Waals surface area contributed by atoms with Gasteiger partial charge < -0.3 is 15.5 Å². The average Bonchev–Trinajstić information content (AvgIpc) is 2.91. The highest BCUT2D eigenvalue weighted by Gasteiger charge is 2.32. The fourth-order valence-electron chi connectivity index (χ4n) is 3.45. The molecule has 27 heavy (non-hydrogen) atoms. The molecule has 1 fully saturated rings. The third-order valence-corrected chi connectivity index (χ3v) is 4.90. The Morgan fingerprint density at radius 2 is 1.67 bits per heavy atom. The molecule has 2 aromatic heterocycles. The van der Waals surface area contributed by atoms with Gasteiger partial charge in [-0.05, 0) is 26.3 Å². The van der Waals surface area contributed by atoms with Gasteiger partial charge in [-0.3, -0.25) is 14.9 Å². The van der Waals surface area contributed by atoms with Gasteiger partial charge in [0.15, 0.2) is 5.82 Å². The van der Waals surface area contributed by atoms with Crippen LogP contribution in [0.1, 0.15) is 27.3 Å². The van der Waals surface area contributed by atoms with E-state index in [0.29, 0.717) is 60.3 Å². The van der Waals surface area contributed by atoms with Crippen LogP contribution >= 0.6 is 0 Å². The molecule has 0 saturated carbocycles. The van der Waals surface area contributed by atoms with Gasteiger partial charge in [0, 0.05) is 33.2 Å². The standard InChI is InChI=1S/C16H22N8O3/c1-9-10(2)18-19-15(12(9)14(17)25)22-5-7-23(8-6-22)16-13(24(26)27)11(3)20-21(16)4/h5-8H2,1-4H3,(H2,17,25). The lowest BCUT2D eigenvalue weighted by molar-refractivity contribution is -0.384. The van der Waals surface area contributed by atoms with E-state index in [1.165, 1.54) is 4.68 Å². The number of rotatable bonds is 4. The van der Waals surface area contributed by atoms with Gasteiger partial charge in [0.05, 0.1) is 16.2 Å². The van der Waals surface area contributed by atoms with Gasteiger partial charge in [-0.25, -0.2) is 4.68 Å². The average molecular weight is 374 g/mol. The molecule has 11 heteroatoms. The normalized spacial score (nSPS) is 14.5. The maximum Gasteiger partial charge on any atom is 0.333 e. The van der Waals surface area contributed by atoms with Crippen LogP contribution in [0.2, 0.25) is 0 Å². The number of piperazine rings is 1. The minimum Gasteiger partial charge on any atom is -0.365 e. The fourth-order valence-corrected chi connectivity index (χ4v) is 3.45. The van der Waals surface area contributed by atoms with Gasteiger partial charge in [-0.2, -0.15) is 10.2 Å². The lowest BCUT2D eigenvalue weighted by atomic mass is 10.1. The smallest absolute Gasteiger partial charge is 0.333 e. The van der Waals surface area contributed by atoms with Crippen LogP contribution in [0.25, 0.3) is 0 Å². The van der Waals surface area contributed by atoms with E-state index in [-0.39, 0.29) is 5.69 Å². The maximum atomic E-state index is 11.9. The molecular formula is C16H22N8O3. The molecule has 1 aliphatic heterocycles. The van der Waals surface area contributed by atoms with E-state index in [4.69, 9.17) is 5.73 Å². The van der Waals surface area contributed by atoms with Crippen molar-refractivity contribution >= 4 is 23.2 Å². The highest BCUT2D eigenvalue weighted by Crippen LogP contribution is 2.32. The monoisotopic (exact) mass is 374 g/mol. The first-order valence-corrected chi connectivity index (χ1v) is 8.54. The van der Waals surface area contributed by atoms with E-state index in [9.17, 15) is 14.9 Å². The third kappa shape index (κ3) is 3.15. The molecule has 1 saturated heterocycles. The molecule has 0 aromatic carbocycles. The van der Waals surface area contributed by atoms with Crippen LogP contribution in [0, 0.1) is 30.9 Å². The molecular weight excluding hydrogens is 352 g/mol. The molecule has 0 spiro atoms. The van der Waals surface area contributed by atoms with Crippen LogP contribution in [-0.4, -0.2) is 57.0 Å². The van der Waals surface area contributed by atoms with Crippen molar-refractivity contribution in [1.29, 1.82) is 0 Å².